The van der Waals surface area contributed by atoms with Crippen LogP contribution in [0, 0.1) is 0 Å². The highest BCUT2D eigenvalue weighted by molar-refractivity contribution is 7.92. The average Bonchev–Trinajstić information content (AvgIpc) is 2.61. The van der Waals surface area contributed by atoms with Gasteiger partial charge < -0.3 is 0 Å². The molecule has 0 unspecified atom stereocenters. The predicted octanol–water partition coefficient (Wildman–Crippen LogP) is 2.55. The Morgan fingerprint density at radius 3 is 1.84 bits per heavy atom. The van der Waals surface area contributed by atoms with E-state index < -0.39 is 20.0 Å². The summed E-state index contributed by atoms with van der Waals surface area (Å²) in [6, 6.07) is 17.9. The Kier molecular flexibility index (Phi) is 4.51. The second kappa shape index (κ2) is 6.47. The molecule has 0 aliphatic rings. The van der Waals surface area contributed by atoms with Gasteiger partial charge in [0, 0.05) is 5.69 Å². The molecule has 3 aromatic carbocycles. The molecule has 3 aromatic rings. The fourth-order valence-corrected chi connectivity index (χ4v) is 4.16. The van der Waals surface area contributed by atoms with E-state index in [0.29, 0.717) is 5.69 Å². The summed E-state index contributed by atoms with van der Waals surface area (Å²) >= 11 is 0. The number of hydrogen-bond acceptors (Lipinski definition) is 4. The van der Waals surface area contributed by atoms with E-state index in [1.807, 2.05) is 30.3 Å². The summed E-state index contributed by atoms with van der Waals surface area (Å²) in [5.41, 5.74) is 0.436. The maximum absolute atomic E-state index is 12.5. The summed E-state index contributed by atoms with van der Waals surface area (Å²) in [7, 11) is -6.13. The van der Waals surface area contributed by atoms with Crippen molar-refractivity contribution in [2.45, 2.75) is 9.79 Å². The third kappa shape index (κ3) is 3.65. The summed E-state index contributed by atoms with van der Waals surface area (Å²) in [5, 5.41) is 1.92. The minimum atomic E-state index is -3.82. The summed E-state index contributed by atoms with van der Waals surface area (Å²) in [4.78, 5) is -0.0182. The van der Waals surface area contributed by atoms with Gasteiger partial charge in [-0.25, -0.2) is 21.6 Å². The van der Waals surface area contributed by atoms with Crippen LogP contribution in [-0.2, 0) is 20.0 Å². The quantitative estimate of drug-likeness (QED) is 0.716. The topological polar surface area (TPSA) is 92.3 Å². The molecule has 0 bridgehead atoms. The molecule has 3 rings (SSSR count). The lowest BCUT2D eigenvalue weighted by atomic mass is 10.1. The highest BCUT2D eigenvalue weighted by Crippen LogP contribution is 2.22. The van der Waals surface area contributed by atoms with Crippen molar-refractivity contribution < 1.29 is 16.8 Å². The van der Waals surface area contributed by atoms with Crippen molar-refractivity contribution in [3.8, 4) is 0 Å². The second-order valence-corrected chi connectivity index (χ2v) is 8.92. The van der Waals surface area contributed by atoms with Crippen LogP contribution in [0.15, 0.2) is 76.5 Å². The van der Waals surface area contributed by atoms with Crippen molar-refractivity contribution in [1.82, 2.24) is 4.72 Å². The smallest absolute Gasteiger partial charge is 0.261 e. The normalized spacial score (nSPS) is 12.2. The molecular weight excluding hydrogens is 360 g/mol. The molecule has 0 atom stereocenters. The zero-order valence-electron chi connectivity index (χ0n) is 13.3. The fraction of sp³-hybridized carbons (Fsp3) is 0.0588. The number of hydrogen-bond donors (Lipinski definition) is 2. The monoisotopic (exact) mass is 376 g/mol. The lowest BCUT2D eigenvalue weighted by molar-refractivity contribution is 0.587. The molecule has 6 nitrogen and oxygen atoms in total. The van der Waals surface area contributed by atoms with Crippen molar-refractivity contribution in [3.05, 3.63) is 66.7 Å². The van der Waals surface area contributed by atoms with Gasteiger partial charge >= 0.3 is 0 Å². The Balaban J connectivity index is 1.90. The number of anilines is 1. The molecule has 0 radical (unpaired) electrons. The Labute approximate surface area is 146 Å². The van der Waals surface area contributed by atoms with Crippen molar-refractivity contribution in [2.75, 3.05) is 11.8 Å². The first-order valence-electron chi connectivity index (χ1n) is 7.37. The van der Waals surface area contributed by atoms with E-state index in [1.54, 1.807) is 12.1 Å². The highest BCUT2D eigenvalue weighted by Gasteiger charge is 2.17. The van der Waals surface area contributed by atoms with Gasteiger partial charge in [0.2, 0.25) is 10.0 Å². The van der Waals surface area contributed by atoms with Crippen LogP contribution in [0.4, 0.5) is 5.69 Å². The lowest BCUT2D eigenvalue weighted by Crippen LogP contribution is -2.19. The van der Waals surface area contributed by atoms with Crippen LogP contribution in [0.5, 0.6) is 0 Å². The van der Waals surface area contributed by atoms with Crippen molar-refractivity contribution in [3.63, 3.8) is 0 Å². The van der Waals surface area contributed by atoms with E-state index in [1.165, 1.54) is 31.3 Å². The van der Waals surface area contributed by atoms with Crippen LogP contribution in [-0.4, -0.2) is 23.9 Å². The zero-order chi connectivity index (χ0) is 18.1. The molecule has 0 saturated carbocycles. The molecule has 0 aliphatic heterocycles. The first kappa shape index (κ1) is 17.4. The Morgan fingerprint density at radius 1 is 0.680 bits per heavy atom. The number of sulfonamides is 2. The van der Waals surface area contributed by atoms with E-state index >= 15 is 0 Å². The molecule has 0 aromatic heterocycles. The van der Waals surface area contributed by atoms with E-state index in [0.717, 1.165) is 10.8 Å². The minimum absolute atomic E-state index is 0.000319. The molecule has 0 saturated heterocycles. The van der Waals surface area contributed by atoms with Gasteiger partial charge in [-0.2, -0.15) is 0 Å². The minimum Gasteiger partial charge on any atom is -0.280 e. The van der Waals surface area contributed by atoms with E-state index in [2.05, 4.69) is 9.44 Å². The highest BCUT2D eigenvalue weighted by atomic mass is 32.2. The van der Waals surface area contributed by atoms with E-state index in [9.17, 15) is 16.8 Å². The van der Waals surface area contributed by atoms with Crippen molar-refractivity contribution in [1.29, 1.82) is 0 Å². The summed E-state index contributed by atoms with van der Waals surface area (Å²) in [5.74, 6) is 0. The maximum atomic E-state index is 12.5. The first-order chi connectivity index (χ1) is 11.8. The standard InChI is InChI=1S/C17H16N2O4S2/c1-18-24(20,21)16-8-10-17(11-9-16)25(22,23)19-15-7-6-13-4-2-3-5-14(13)12-15/h2-12,18-19H,1H3. The van der Waals surface area contributed by atoms with Crippen LogP contribution >= 0.6 is 0 Å². The molecule has 130 valence electrons. The van der Waals surface area contributed by atoms with Gasteiger partial charge in [0.25, 0.3) is 10.0 Å². The molecule has 0 aliphatic carbocycles. The van der Waals surface area contributed by atoms with Gasteiger partial charge in [0.05, 0.1) is 9.79 Å². The average molecular weight is 376 g/mol. The molecular formula is C17H16N2O4S2. The zero-order valence-corrected chi connectivity index (χ0v) is 14.9. The van der Waals surface area contributed by atoms with Crippen LogP contribution in [0.3, 0.4) is 0 Å². The van der Waals surface area contributed by atoms with Crippen molar-refractivity contribution in [2.24, 2.45) is 0 Å². The van der Waals surface area contributed by atoms with Gasteiger partial charge in [-0.1, -0.05) is 30.3 Å². The second-order valence-electron chi connectivity index (χ2n) is 5.35. The molecule has 0 heterocycles. The van der Waals surface area contributed by atoms with Gasteiger partial charge in [0.15, 0.2) is 0 Å². The first-order valence-corrected chi connectivity index (χ1v) is 10.3. The van der Waals surface area contributed by atoms with Gasteiger partial charge in [-0.05, 0) is 54.2 Å². The summed E-state index contributed by atoms with van der Waals surface area (Å²) in [6.07, 6.45) is 0. The van der Waals surface area contributed by atoms with Crippen LogP contribution in [0.2, 0.25) is 0 Å². The van der Waals surface area contributed by atoms with Crippen LogP contribution < -0.4 is 9.44 Å². The fourth-order valence-electron chi connectivity index (χ4n) is 2.38. The molecule has 2 N–H and O–H groups in total. The third-order valence-corrected chi connectivity index (χ3v) is 6.54. The Morgan fingerprint density at radius 2 is 1.24 bits per heavy atom. The van der Waals surface area contributed by atoms with Crippen LogP contribution in [0.25, 0.3) is 10.8 Å². The number of fused-ring (bicyclic) bond motifs is 1. The van der Waals surface area contributed by atoms with Gasteiger partial charge in [-0.3, -0.25) is 4.72 Å². The van der Waals surface area contributed by atoms with Crippen LogP contribution in [0.1, 0.15) is 0 Å². The largest absolute Gasteiger partial charge is 0.280 e. The van der Waals surface area contributed by atoms with Crippen molar-refractivity contribution >= 4 is 36.5 Å². The van der Waals surface area contributed by atoms with Gasteiger partial charge in [0.1, 0.15) is 0 Å². The summed E-state index contributed by atoms with van der Waals surface area (Å²) < 4.78 is 53.1. The Bertz CT molecular complexity index is 1120. The molecule has 0 spiro atoms. The lowest BCUT2D eigenvalue weighted by Gasteiger charge is -2.10. The number of benzene rings is 3. The molecule has 0 amide bonds. The van der Waals surface area contributed by atoms with E-state index in [-0.39, 0.29) is 9.79 Å². The molecule has 0 fully saturated rings. The molecule has 25 heavy (non-hydrogen) atoms. The van der Waals surface area contributed by atoms with Gasteiger partial charge in [-0.15, -0.1) is 0 Å². The summed E-state index contributed by atoms with van der Waals surface area (Å²) in [6.45, 7) is 0. The molecule has 8 heteroatoms. The van der Waals surface area contributed by atoms with E-state index in [4.69, 9.17) is 0 Å². The maximum Gasteiger partial charge on any atom is 0.261 e. The number of rotatable bonds is 5. The predicted molar refractivity (Wildman–Crippen MR) is 97.4 cm³/mol. The third-order valence-electron chi connectivity index (χ3n) is 3.71. The SMILES string of the molecule is CNS(=O)(=O)c1ccc(S(=O)(=O)Nc2ccc3ccccc3c2)cc1. The Hall–Kier alpha value is -2.42. The number of nitrogens with one attached hydrogen (secondary N) is 2.